The van der Waals surface area contributed by atoms with E-state index < -0.39 is 17.1 Å². The Morgan fingerprint density at radius 2 is 1.83 bits per heavy atom. The molecule has 3 rings (SSSR count). The maximum atomic E-state index is 12.6. The zero-order valence-corrected chi connectivity index (χ0v) is 20.3. The molecular weight excluding hydrogens is 493 g/mol. The SMILES string of the molecule is CCC(C)c1ccccc1OCCOc1ccc(/C=C(/C#N)C(=O)Nc2nnc(C(F)(F)F)s2)cc1. The summed E-state index contributed by atoms with van der Waals surface area (Å²) in [6.07, 6.45) is -2.35. The quantitative estimate of drug-likeness (QED) is 0.199. The molecule has 0 aliphatic heterocycles. The highest BCUT2D eigenvalue weighted by Crippen LogP contribution is 2.33. The first-order valence-corrected chi connectivity index (χ1v) is 11.8. The lowest BCUT2D eigenvalue weighted by atomic mass is 9.98. The van der Waals surface area contributed by atoms with Crippen molar-refractivity contribution in [2.75, 3.05) is 18.5 Å². The highest BCUT2D eigenvalue weighted by molar-refractivity contribution is 7.15. The van der Waals surface area contributed by atoms with Crippen LogP contribution in [0, 0.1) is 11.3 Å². The van der Waals surface area contributed by atoms with Gasteiger partial charge in [-0.15, -0.1) is 10.2 Å². The topological polar surface area (TPSA) is 97.1 Å². The number of halogens is 3. The van der Waals surface area contributed by atoms with E-state index in [1.807, 2.05) is 18.2 Å². The molecule has 0 radical (unpaired) electrons. The summed E-state index contributed by atoms with van der Waals surface area (Å²) in [5, 5.41) is 16.2. The highest BCUT2D eigenvalue weighted by Gasteiger charge is 2.35. The van der Waals surface area contributed by atoms with E-state index in [9.17, 15) is 23.2 Å². The van der Waals surface area contributed by atoms with E-state index in [1.165, 1.54) is 6.08 Å². The minimum Gasteiger partial charge on any atom is -0.490 e. The molecule has 0 aliphatic rings. The van der Waals surface area contributed by atoms with Crippen LogP contribution in [-0.4, -0.2) is 29.3 Å². The number of nitriles is 1. The Morgan fingerprint density at radius 3 is 2.47 bits per heavy atom. The molecule has 0 bridgehead atoms. The van der Waals surface area contributed by atoms with Crippen molar-refractivity contribution in [3.05, 3.63) is 70.2 Å². The Balaban J connectivity index is 1.54. The maximum Gasteiger partial charge on any atom is 0.445 e. The number of benzene rings is 2. The van der Waals surface area contributed by atoms with Gasteiger partial charge in [0, 0.05) is 0 Å². The number of nitrogens with zero attached hydrogens (tertiary/aromatic N) is 3. The van der Waals surface area contributed by atoms with Crippen LogP contribution in [0.25, 0.3) is 6.08 Å². The predicted molar refractivity (Wildman–Crippen MR) is 130 cm³/mol. The van der Waals surface area contributed by atoms with Gasteiger partial charge in [0.15, 0.2) is 0 Å². The molecule has 36 heavy (non-hydrogen) atoms. The average Bonchev–Trinajstić information content (AvgIpc) is 3.35. The fourth-order valence-electron chi connectivity index (χ4n) is 3.08. The van der Waals surface area contributed by atoms with Crippen molar-refractivity contribution in [1.82, 2.24) is 10.2 Å². The molecule has 0 spiro atoms. The zero-order chi connectivity index (χ0) is 26.1. The van der Waals surface area contributed by atoms with Crippen molar-refractivity contribution >= 4 is 28.5 Å². The molecule has 1 unspecified atom stereocenters. The van der Waals surface area contributed by atoms with Crippen LogP contribution in [0.3, 0.4) is 0 Å². The monoisotopic (exact) mass is 516 g/mol. The standard InChI is InChI=1S/C25H23F3N4O3S/c1-3-16(2)20-6-4-5-7-21(20)35-13-12-34-19-10-8-17(9-11-19)14-18(15-29)22(33)30-24-32-31-23(36-24)25(26,27)28/h4-11,14,16H,3,12-13H2,1-2H3,(H,30,32,33)/b18-14-. The van der Waals surface area contributed by atoms with E-state index in [-0.39, 0.29) is 22.0 Å². The van der Waals surface area contributed by atoms with Crippen LogP contribution < -0.4 is 14.8 Å². The van der Waals surface area contributed by atoms with Crippen LogP contribution in [0.15, 0.2) is 54.1 Å². The molecule has 7 nitrogen and oxygen atoms in total. The lowest BCUT2D eigenvalue weighted by Gasteiger charge is -2.15. The molecule has 0 fully saturated rings. The zero-order valence-electron chi connectivity index (χ0n) is 19.5. The van der Waals surface area contributed by atoms with Crippen molar-refractivity contribution in [3.8, 4) is 17.6 Å². The molecule has 0 saturated carbocycles. The lowest BCUT2D eigenvalue weighted by molar-refractivity contribution is -0.138. The summed E-state index contributed by atoms with van der Waals surface area (Å²) < 4.78 is 49.5. The second-order valence-electron chi connectivity index (χ2n) is 7.65. The Hall–Kier alpha value is -3.91. The van der Waals surface area contributed by atoms with Crippen molar-refractivity contribution in [3.63, 3.8) is 0 Å². The van der Waals surface area contributed by atoms with Crippen LogP contribution in [0.4, 0.5) is 18.3 Å². The maximum absolute atomic E-state index is 12.6. The molecule has 1 aromatic heterocycles. The first-order chi connectivity index (χ1) is 17.2. The van der Waals surface area contributed by atoms with Gasteiger partial charge in [0.25, 0.3) is 5.91 Å². The number of carbonyl (C=O) groups excluding carboxylic acids is 1. The number of nitrogens with one attached hydrogen (secondary N) is 1. The summed E-state index contributed by atoms with van der Waals surface area (Å²) in [5.74, 6) is 0.903. The Labute approximate surface area is 210 Å². The molecule has 1 N–H and O–H groups in total. The average molecular weight is 517 g/mol. The van der Waals surface area contributed by atoms with Gasteiger partial charge in [-0.25, -0.2) is 0 Å². The van der Waals surface area contributed by atoms with Gasteiger partial charge in [0.1, 0.15) is 36.4 Å². The van der Waals surface area contributed by atoms with Crippen LogP contribution in [0.1, 0.15) is 42.3 Å². The van der Waals surface area contributed by atoms with Crippen molar-refractivity contribution in [1.29, 1.82) is 5.26 Å². The molecule has 1 heterocycles. The van der Waals surface area contributed by atoms with Crippen molar-refractivity contribution in [2.45, 2.75) is 32.4 Å². The molecule has 1 atom stereocenters. The Morgan fingerprint density at radius 1 is 1.14 bits per heavy atom. The number of ether oxygens (including phenoxy) is 2. The predicted octanol–water partition coefficient (Wildman–Crippen LogP) is 6.07. The summed E-state index contributed by atoms with van der Waals surface area (Å²) in [7, 11) is 0. The lowest BCUT2D eigenvalue weighted by Crippen LogP contribution is -2.13. The number of alkyl halides is 3. The smallest absolute Gasteiger partial charge is 0.445 e. The Kier molecular flexibility index (Phi) is 9.02. The minimum absolute atomic E-state index is 0.173. The van der Waals surface area contributed by atoms with Crippen LogP contribution >= 0.6 is 11.3 Å². The summed E-state index contributed by atoms with van der Waals surface area (Å²) in [6, 6.07) is 16.3. The summed E-state index contributed by atoms with van der Waals surface area (Å²) >= 11 is 0.173. The van der Waals surface area contributed by atoms with E-state index in [0.29, 0.717) is 30.4 Å². The molecular formula is C25H23F3N4O3S. The summed E-state index contributed by atoms with van der Waals surface area (Å²) in [6.45, 7) is 4.95. The number of anilines is 1. The minimum atomic E-state index is -4.66. The van der Waals surface area contributed by atoms with Crippen molar-refractivity contribution in [2.24, 2.45) is 0 Å². The van der Waals surface area contributed by atoms with Crippen LogP contribution in [0.2, 0.25) is 0 Å². The van der Waals surface area contributed by atoms with Gasteiger partial charge >= 0.3 is 6.18 Å². The number of para-hydroxylation sites is 1. The molecule has 0 aliphatic carbocycles. The van der Waals surface area contributed by atoms with E-state index in [4.69, 9.17) is 9.47 Å². The fraction of sp³-hybridized carbons (Fsp3) is 0.280. The fourth-order valence-corrected chi connectivity index (χ4v) is 3.68. The van der Waals surface area contributed by atoms with Gasteiger partial charge in [0.05, 0.1) is 0 Å². The second kappa shape index (κ2) is 12.2. The third kappa shape index (κ3) is 7.29. The van der Waals surface area contributed by atoms with Gasteiger partial charge in [-0.05, 0) is 47.7 Å². The molecule has 188 valence electrons. The number of rotatable bonds is 10. The van der Waals surface area contributed by atoms with E-state index >= 15 is 0 Å². The largest absolute Gasteiger partial charge is 0.490 e. The molecule has 2 aromatic carbocycles. The first-order valence-electron chi connectivity index (χ1n) is 11.0. The number of hydrogen-bond donors (Lipinski definition) is 1. The molecule has 1 amide bonds. The third-order valence-electron chi connectivity index (χ3n) is 5.12. The summed E-state index contributed by atoms with van der Waals surface area (Å²) in [4.78, 5) is 12.3. The van der Waals surface area contributed by atoms with Gasteiger partial charge in [-0.2, -0.15) is 18.4 Å². The first kappa shape index (κ1) is 26.7. The van der Waals surface area contributed by atoms with Crippen LogP contribution in [0.5, 0.6) is 11.5 Å². The van der Waals surface area contributed by atoms with Gasteiger partial charge in [0.2, 0.25) is 10.1 Å². The van der Waals surface area contributed by atoms with Gasteiger partial charge < -0.3 is 9.47 Å². The van der Waals surface area contributed by atoms with Gasteiger partial charge in [-0.3, -0.25) is 10.1 Å². The van der Waals surface area contributed by atoms with E-state index in [1.54, 1.807) is 30.3 Å². The van der Waals surface area contributed by atoms with Crippen LogP contribution in [-0.2, 0) is 11.0 Å². The van der Waals surface area contributed by atoms with Gasteiger partial charge in [-0.1, -0.05) is 55.5 Å². The second-order valence-corrected chi connectivity index (χ2v) is 8.62. The molecule has 3 aromatic rings. The number of aromatic nitrogens is 2. The Bertz CT molecular complexity index is 1250. The number of hydrogen-bond acceptors (Lipinski definition) is 7. The normalized spacial score (nSPS) is 12.5. The van der Waals surface area contributed by atoms with E-state index in [2.05, 4.69) is 35.4 Å². The molecule has 11 heteroatoms. The summed E-state index contributed by atoms with van der Waals surface area (Å²) in [5.41, 5.74) is 1.38. The van der Waals surface area contributed by atoms with E-state index in [0.717, 1.165) is 17.7 Å². The third-order valence-corrected chi connectivity index (χ3v) is 6.00. The highest BCUT2D eigenvalue weighted by atomic mass is 32.1. The molecule has 0 saturated heterocycles. The number of amides is 1. The number of carbonyl (C=O) groups is 1. The van der Waals surface area contributed by atoms with Crippen molar-refractivity contribution < 1.29 is 27.4 Å².